The SMILES string of the molecule is CCn1nc(C)cc1C(=O)NC1=Nc2cc(C(N)=O)cc3c2CN1C/C=C/Cn1c(NC(=O)c2cc(C)nn2CC)nc2cc(C(N)O)cc(c21)OCC(CN1CCN(C)CC1)CO3. The number of carbonyl (C=O) groups excluding carboxylic acids is 3. The van der Waals surface area contributed by atoms with Crippen molar-refractivity contribution in [3.8, 4) is 11.5 Å². The van der Waals surface area contributed by atoms with Crippen molar-refractivity contribution >= 4 is 46.4 Å². The summed E-state index contributed by atoms with van der Waals surface area (Å²) in [6.07, 6.45) is 2.52. The zero-order chi connectivity index (χ0) is 45.2. The van der Waals surface area contributed by atoms with Crippen molar-refractivity contribution in [3.63, 3.8) is 0 Å². The third kappa shape index (κ3) is 9.35. The van der Waals surface area contributed by atoms with E-state index in [1.807, 2.05) is 49.3 Å². The minimum atomic E-state index is -1.33. The number of guanidine groups is 1. The van der Waals surface area contributed by atoms with Gasteiger partial charge in [-0.1, -0.05) is 12.2 Å². The average molecular weight is 877 g/mol. The smallest absolute Gasteiger partial charge is 0.276 e. The van der Waals surface area contributed by atoms with Crippen LogP contribution in [0.15, 0.2) is 53.5 Å². The van der Waals surface area contributed by atoms with Crippen LogP contribution in [-0.2, 0) is 26.2 Å². The molecular weight excluding hydrogens is 821 g/mol. The molecule has 338 valence electrons. The second-order valence-corrected chi connectivity index (χ2v) is 16.5. The fourth-order valence-electron chi connectivity index (χ4n) is 8.29. The Balaban J connectivity index is 1.22. The Morgan fingerprint density at radius 2 is 1.50 bits per heavy atom. The van der Waals surface area contributed by atoms with Gasteiger partial charge in [0.1, 0.15) is 34.6 Å². The number of ether oxygens (including phenoxy) is 2. The first kappa shape index (κ1) is 44.0. The van der Waals surface area contributed by atoms with Crippen LogP contribution in [0.5, 0.6) is 11.5 Å². The van der Waals surface area contributed by atoms with E-state index in [1.54, 1.807) is 45.8 Å². The summed E-state index contributed by atoms with van der Waals surface area (Å²) in [6.45, 7) is 13.8. The number of primary amides is 1. The van der Waals surface area contributed by atoms with Crippen LogP contribution in [0.3, 0.4) is 0 Å². The van der Waals surface area contributed by atoms with Gasteiger partial charge >= 0.3 is 0 Å². The Hall–Kier alpha value is -6.61. The molecule has 0 aliphatic carbocycles. The second-order valence-electron chi connectivity index (χ2n) is 16.5. The van der Waals surface area contributed by atoms with E-state index in [4.69, 9.17) is 30.9 Å². The fraction of sp³-hybridized carbons (Fsp3) is 0.432. The standard InChI is InChI=1S/C44H56N14O6/c1-6-57-34(16-26(3)51-57)41(61)49-43-47-32-18-29(39(45)59)20-36-31(32)23-55(43)10-8-9-11-56-38-33(48-44(56)50-42(62)35-17-27(4)52-58(35)7-2)19-30(40(46)60)21-37(38)64-25-28(24-63-36)22-54-14-12-53(5)13-15-54/h8-9,16-21,28,40,60H,6-7,10-15,22-25,46H2,1-5H3,(H2,45,59)(H,47,49,61)(H,48,50,62)/b9-8+. The number of nitrogens with two attached hydrogens (primary N) is 2. The zero-order valence-corrected chi connectivity index (χ0v) is 36.9. The molecule has 6 heterocycles. The first-order valence-corrected chi connectivity index (χ1v) is 21.6. The molecule has 20 heteroatoms. The number of imidazole rings is 1. The number of fused-ring (bicyclic) bond motifs is 1. The summed E-state index contributed by atoms with van der Waals surface area (Å²) in [7, 11) is 2.10. The number of rotatable bonds is 9. The minimum Gasteiger partial charge on any atom is -0.493 e. The quantitative estimate of drug-likeness (QED) is 0.106. The molecule has 0 saturated carbocycles. The number of aryl methyl sites for hydroxylation is 4. The molecule has 2 unspecified atom stereocenters. The van der Waals surface area contributed by atoms with Crippen LogP contribution in [0.4, 0.5) is 11.6 Å². The van der Waals surface area contributed by atoms with Crippen LogP contribution in [-0.4, -0.2) is 132 Å². The molecule has 0 spiro atoms. The Morgan fingerprint density at radius 1 is 0.859 bits per heavy atom. The molecule has 3 aliphatic heterocycles. The van der Waals surface area contributed by atoms with Crippen LogP contribution >= 0.6 is 0 Å². The van der Waals surface area contributed by atoms with Crippen LogP contribution in [0, 0.1) is 19.8 Å². The largest absolute Gasteiger partial charge is 0.493 e. The van der Waals surface area contributed by atoms with Crippen LogP contribution < -0.4 is 31.6 Å². The van der Waals surface area contributed by atoms with E-state index < -0.39 is 23.9 Å². The summed E-state index contributed by atoms with van der Waals surface area (Å²) in [5.41, 5.74) is 16.8. The molecule has 8 rings (SSSR count). The summed E-state index contributed by atoms with van der Waals surface area (Å²) in [5, 5.41) is 25.6. The molecule has 1 saturated heterocycles. The van der Waals surface area contributed by atoms with Crippen LogP contribution in [0.25, 0.3) is 11.0 Å². The van der Waals surface area contributed by atoms with Gasteiger partial charge in [-0.15, -0.1) is 0 Å². The highest BCUT2D eigenvalue weighted by atomic mass is 16.5. The Labute approximate surface area is 370 Å². The highest BCUT2D eigenvalue weighted by Gasteiger charge is 2.29. The van der Waals surface area contributed by atoms with Gasteiger partial charge < -0.3 is 45.3 Å². The summed E-state index contributed by atoms with van der Waals surface area (Å²) in [5.74, 6) is -0.283. The molecule has 3 amide bonds. The number of allylic oxidation sites excluding steroid dienone is 1. The second kappa shape index (κ2) is 18.6. The van der Waals surface area contributed by atoms with Crippen LogP contribution in [0.1, 0.15) is 73.9 Å². The number of carbonyl (C=O) groups is 3. The highest BCUT2D eigenvalue weighted by molar-refractivity contribution is 6.06. The normalized spacial score (nSPS) is 18.2. The number of aliphatic hydroxyl groups excluding tert-OH is 1. The molecule has 20 nitrogen and oxygen atoms in total. The number of hydrogen-bond donors (Lipinski definition) is 5. The van der Waals surface area contributed by atoms with E-state index >= 15 is 0 Å². The molecule has 7 N–H and O–H groups in total. The summed E-state index contributed by atoms with van der Waals surface area (Å²) in [4.78, 5) is 56.8. The maximum Gasteiger partial charge on any atom is 0.276 e. The molecule has 2 bridgehead atoms. The van der Waals surface area contributed by atoms with Gasteiger partial charge in [-0.25, -0.2) is 9.98 Å². The maximum absolute atomic E-state index is 13.9. The van der Waals surface area contributed by atoms with Gasteiger partial charge in [0, 0.05) is 81.5 Å². The number of aliphatic hydroxyl groups is 1. The monoisotopic (exact) mass is 876 g/mol. The van der Waals surface area contributed by atoms with Gasteiger partial charge in [0.2, 0.25) is 17.8 Å². The Kier molecular flexibility index (Phi) is 12.8. The number of nitrogens with zero attached hydrogens (tertiary/aromatic N) is 10. The van der Waals surface area contributed by atoms with Crippen molar-refractivity contribution in [1.29, 1.82) is 0 Å². The minimum absolute atomic E-state index is 0.190. The summed E-state index contributed by atoms with van der Waals surface area (Å²) in [6, 6.07) is 10.1. The fourth-order valence-corrected chi connectivity index (χ4v) is 8.29. The van der Waals surface area contributed by atoms with Crippen molar-refractivity contribution < 1.29 is 29.0 Å². The molecule has 5 aromatic rings. The third-order valence-electron chi connectivity index (χ3n) is 11.7. The Bertz CT molecular complexity index is 2640. The number of benzene rings is 2. The summed E-state index contributed by atoms with van der Waals surface area (Å²) < 4.78 is 18.5. The van der Waals surface area contributed by atoms with Crippen molar-refractivity contribution in [2.45, 2.75) is 60.1 Å². The number of likely N-dealkylation sites (N-methyl/N-ethyl adjacent to an activating group) is 1. The number of nitrogens with one attached hydrogen (secondary N) is 2. The average Bonchev–Trinajstić information content (AvgIpc) is 3.96. The van der Waals surface area contributed by atoms with E-state index in [0.717, 1.165) is 26.2 Å². The predicted octanol–water partition coefficient (Wildman–Crippen LogP) is 2.51. The van der Waals surface area contributed by atoms with Crippen molar-refractivity contribution in [2.24, 2.45) is 22.4 Å². The number of aliphatic imine (C=N–C) groups is 1. The Morgan fingerprint density at radius 3 is 2.14 bits per heavy atom. The van der Waals surface area contributed by atoms with Gasteiger partial charge in [-0.2, -0.15) is 10.2 Å². The zero-order valence-electron chi connectivity index (χ0n) is 36.9. The van der Waals surface area contributed by atoms with Crippen molar-refractivity contribution in [1.82, 2.24) is 49.1 Å². The van der Waals surface area contributed by atoms with Gasteiger partial charge in [0.15, 0.2) is 0 Å². The molecule has 2 aromatic carbocycles. The number of aromatic nitrogens is 6. The first-order chi connectivity index (χ1) is 30.8. The van der Waals surface area contributed by atoms with Crippen molar-refractivity contribution in [3.05, 3.63) is 88.0 Å². The predicted molar refractivity (Wildman–Crippen MR) is 240 cm³/mol. The van der Waals surface area contributed by atoms with E-state index in [2.05, 4.69) is 37.7 Å². The van der Waals surface area contributed by atoms with Gasteiger partial charge in [-0.05, 0) is 71.1 Å². The number of amides is 3. The molecule has 1 fully saturated rings. The van der Waals surface area contributed by atoms with E-state index in [1.165, 1.54) is 0 Å². The number of hydrogen-bond acceptors (Lipinski definition) is 14. The molecule has 3 aliphatic rings. The molecular formula is C44H56N14O6. The lowest BCUT2D eigenvalue weighted by molar-refractivity contribution is 0.0947. The molecule has 0 radical (unpaired) electrons. The highest BCUT2D eigenvalue weighted by Crippen LogP contribution is 2.37. The van der Waals surface area contributed by atoms with Gasteiger partial charge in [0.05, 0.1) is 42.4 Å². The number of piperazine rings is 1. The lowest BCUT2D eigenvalue weighted by Crippen LogP contribution is -2.47. The van der Waals surface area contributed by atoms with Gasteiger partial charge in [-0.3, -0.25) is 34.4 Å². The molecule has 3 aromatic heterocycles. The lowest BCUT2D eigenvalue weighted by atomic mass is 10.0. The van der Waals surface area contributed by atoms with Crippen molar-refractivity contribution in [2.75, 3.05) is 64.8 Å². The lowest BCUT2D eigenvalue weighted by Gasteiger charge is -2.35. The maximum atomic E-state index is 13.9. The summed E-state index contributed by atoms with van der Waals surface area (Å²) >= 11 is 0. The third-order valence-corrected chi connectivity index (χ3v) is 11.7. The van der Waals surface area contributed by atoms with Crippen LogP contribution in [0.2, 0.25) is 0 Å². The molecule has 64 heavy (non-hydrogen) atoms. The van der Waals surface area contributed by atoms with Gasteiger partial charge in [0.25, 0.3) is 11.8 Å². The molecule has 2 atom stereocenters. The number of anilines is 1. The topological polar surface area (TPSA) is 242 Å². The van der Waals surface area contributed by atoms with E-state index in [0.29, 0.717) is 81.8 Å². The van der Waals surface area contributed by atoms with E-state index in [-0.39, 0.29) is 56.2 Å². The van der Waals surface area contributed by atoms with E-state index in [9.17, 15) is 19.5 Å². The first-order valence-electron chi connectivity index (χ1n) is 21.6.